The van der Waals surface area contributed by atoms with Crippen molar-refractivity contribution < 1.29 is 38.2 Å². The Morgan fingerprint density at radius 3 is 2.60 bits per heavy atom. The molecule has 0 radical (unpaired) electrons. The quantitative estimate of drug-likeness (QED) is 0.0767. The molecule has 0 spiro atoms. The van der Waals surface area contributed by atoms with Crippen LogP contribution in [0.4, 0.5) is 4.39 Å². The van der Waals surface area contributed by atoms with E-state index in [9.17, 15) is 33.5 Å². The zero-order valence-corrected chi connectivity index (χ0v) is 32.0. The summed E-state index contributed by atoms with van der Waals surface area (Å²) in [6.45, 7) is 4.35. The topological polar surface area (TPSA) is 174 Å². The van der Waals surface area contributed by atoms with E-state index in [1.807, 2.05) is 25.1 Å². The number of carbonyl (C=O) groups excluding carboxylic acids is 4. The number of benzene rings is 4. The Labute approximate surface area is 331 Å². The number of carboxylic acids is 1. The number of amides is 4. The number of rotatable bonds is 14. The molecule has 0 saturated carbocycles. The zero-order valence-electron chi connectivity index (χ0n) is 31.3. The van der Waals surface area contributed by atoms with Crippen LogP contribution in [0, 0.1) is 19.7 Å². The van der Waals surface area contributed by atoms with Crippen molar-refractivity contribution in [2.75, 3.05) is 13.2 Å². The summed E-state index contributed by atoms with van der Waals surface area (Å²) in [5.74, 6) is -2.05. The van der Waals surface area contributed by atoms with Gasteiger partial charge in [-0.15, -0.1) is 0 Å². The van der Waals surface area contributed by atoms with E-state index in [1.54, 1.807) is 52.5 Å². The number of carboxylic acid groups (broad SMARTS) is 1. The van der Waals surface area contributed by atoms with Gasteiger partial charge in [0.25, 0.3) is 5.91 Å². The lowest BCUT2D eigenvalue weighted by Gasteiger charge is -2.21. The summed E-state index contributed by atoms with van der Waals surface area (Å²) < 4.78 is 23.3. The maximum absolute atomic E-state index is 13.8. The SMILES string of the molecule is Cc1c(Cl)ccc2c(CCCOc3cccc4cc(F)ccc34)c(C(=O)O)n(CCCNC(=O)Cn3c(C)nc4c(C(=O)NC5CCC(=O)NC5=O)cccc43)c12. The van der Waals surface area contributed by atoms with E-state index in [0.29, 0.717) is 65.6 Å². The van der Waals surface area contributed by atoms with Gasteiger partial charge in [-0.3, -0.25) is 24.5 Å². The first-order valence-corrected chi connectivity index (χ1v) is 19.0. The van der Waals surface area contributed by atoms with E-state index >= 15 is 0 Å². The van der Waals surface area contributed by atoms with Crippen molar-refractivity contribution in [1.29, 1.82) is 0 Å². The molecule has 13 nitrogen and oxygen atoms in total. The van der Waals surface area contributed by atoms with Gasteiger partial charge in [-0.05, 0) is 98.5 Å². The van der Waals surface area contributed by atoms with E-state index in [4.69, 9.17) is 16.3 Å². The molecule has 4 aromatic carbocycles. The van der Waals surface area contributed by atoms with Crippen LogP contribution in [0.2, 0.25) is 5.02 Å². The molecule has 0 aliphatic carbocycles. The smallest absolute Gasteiger partial charge is 0.352 e. The first-order chi connectivity index (χ1) is 27.4. The molecule has 3 heterocycles. The number of para-hydroxylation sites is 1. The number of aromatic carboxylic acids is 1. The van der Waals surface area contributed by atoms with E-state index in [-0.39, 0.29) is 54.8 Å². The van der Waals surface area contributed by atoms with Crippen LogP contribution in [0.3, 0.4) is 0 Å². The van der Waals surface area contributed by atoms with Crippen LogP contribution >= 0.6 is 11.6 Å². The maximum Gasteiger partial charge on any atom is 0.352 e. The Morgan fingerprint density at radius 2 is 1.81 bits per heavy atom. The molecule has 1 aliphatic heterocycles. The molecule has 1 saturated heterocycles. The van der Waals surface area contributed by atoms with Crippen molar-refractivity contribution >= 4 is 73.9 Å². The van der Waals surface area contributed by atoms with Crippen molar-refractivity contribution in [2.24, 2.45) is 0 Å². The number of nitrogens with zero attached hydrogens (tertiary/aromatic N) is 3. The molecule has 57 heavy (non-hydrogen) atoms. The van der Waals surface area contributed by atoms with Crippen LogP contribution in [0.15, 0.2) is 66.7 Å². The molecule has 1 fully saturated rings. The monoisotopic (exact) mass is 794 g/mol. The summed E-state index contributed by atoms with van der Waals surface area (Å²) in [5.41, 5.74) is 3.45. The standard InChI is InChI=1S/C42H40ClFN6O7/c1-23-31(43)15-14-29-28(9-5-20-57-34-11-3-7-25-21-26(44)12-13-27(25)34)39(42(55)56)49(38(23)29)19-6-18-45-36(52)22-50-24(2)46-37-30(8-4-10-33(37)50)40(53)47-32-16-17-35(51)48-41(32)54/h3-4,7-8,10-15,21,32H,5-6,9,16-20,22H2,1-2H3,(H,45,52)(H,47,53)(H,55,56)(H,48,51,54). The Kier molecular flexibility index (Phi) is 11.2. The highest BCUT2D eigenvalue weighted by atomic mass is 35.5. The van der Waals surface area contributed by atoms with Gasteiger partial charge >= 0.3 is 5.97 Å². The number of ether oxygens (including phenoxy) is 1. The van der Waals surface area contributed by atoms with Gasteiger partial charge in [0.1, 0.15) is 41.2 Å². The van der Waals surface area contributed by atoms with Gasteiger partial charge in [-0.25, -0.2) is 14.2 Å². The Balaban J connectivity index is 1.01. The highest BCUT2D eigenvalue weighted by Crippen LogP contribution is 2.34. The fourth-order valence-corrected chi connectivity index (χ4v) is 7.70. The molecule has 2 aromatic heterocycles. The lowest BCUT2D eigenvalue weighted by molar-refractivity contribution is -0.134. The van der Waals surface area contributed by atoms with E-state index < -0.39 is 23.8 Å². The molecule has 0 bridgehead atoms. The Morgan fingerprint density at radius 1 is 1.02 bits per heavy atom. The molecule has 15 heteroatoms. The molecule has 4 N–H and O–H groups in total. The van der Waals surface area contributed by atoms with Crippen molar-refractivity contribution in [3.8, 4) is 5.75 Å². The molecule has 6 aromatic rings. The molecule has 4 amide bonds. The van der Waals surface area contributed by atoms with Crippen LogP contribution in [0.1, 0.15) is 63.5 Å². The molecule has 1 unspecified atom stereocenters. The average molecular weight is 795 g/mol. The van der Waals surface area contributed by atoms with E-state index in [2.05, 4.69) is 20.9 Å². The molecule has 1 atom stereocenters. The second-order valence-corrected chi connectivity index (χ2v) is 14.4. The van der Waals surface area contributed by atoms with E-state index in [0.717, 1.165) is 27.2 Å². The minimum Gasteiger partial charge on any atom is -0.493 e. The summed E-state index contributed by atoms with van der Waals surface area (Å²) in [7, 11) is 0. The number of hydrogen-bond donors (Lipinski definition) is 4. The van der Waals surface area contributed by atoms with Crippen LogP contribution in [0.5, 0.6) is 5.75 Å². The molecule has 294 valence electrons. The fraction of sp³-hybridized carbons (Fsp3) is 0.286. The number of aryl methyl sites for hydroxylation is 4. The van der Waals surface area contributed by atoms with Gasteiger partial charge in [0.05, 0.1) is 23.2 Å². The largest absolute Gasteiger partial charge is 0.493 e. The number of carbonyl (C=O) groups is 5. The minimum absolute atomic E-state index is 0.0794. The lowest BCUT2D eigenvalue weighted by atomic mass is 10.0. The third kappa shape index (κ3) is 8.03. The summed E-state index contributed by atoms with van der Waals surface area (Å²) in [6, 6.07) is 17.7. The van der Waals surface area contributed by atoms with Gasteiger partial charge in [-0.1, -0.05) is 35.9 Å². The molecular weight excluding hydrogens is 755 g/mol. The van der Waals surface area contributed by atoms with Gasteiger partial charge < -0.3 is 29.6 Å². The van der Waals surface area contributed by atoms with Crippen LogP contribution in [0.25, 0.3) is 32.7 Å². The van der Waals surface area contributed by atoms with Gasteiger partial charge in [0.2, 0.25) is 17.7 Å². The summed E-state index contributed by atoms with van der Waals surface area (Å²) in [5, 5.41) is 21.1. The third-order valence-corrected chi connectivity index (χ3v) is 10.7. The maximum atomic E-state index is 13.8. The lowest BCUT2D eigenvalue weighted by Crippen LogP contribution is -2.52. The van der Waals surface area contributed by atoms with Crippen molar-refractivity contribution in [3.05, 3.63) is 106 Å². The predicted octanol–water partition coefficient (Wildman–Crippen LogP) is 6.00. The first kappa shape index (κ1) is 39.0. The molecule has 7 rings (SSSR count). The minimum atomic E-state index is -1.08. The number of hydrogen-bond acceptors (Lipinski definition) is 7. The number of halogens is 2. The number of aromatic nitrogens is 3. The summed E-state index contributed by atoms with van der Waals surface area (Å²) >= 11 is 6.54. The normalized spacial score (nSPS) is 14.3. The average Bonchev–Trinajstić information content (AvgIpc) is 3.67. The highest BCUT2D eigenvalue weighted by molar-refractivity contribution is 6.32. The van der Waals surface area contributed by atoms with E-state index in [1.165, 1.54) is 12.1 Å². The predicted molar refractivity (Wildman–Crippen MR) is 212 cm³/mol. The third-order valence-electron chi connectivity index (χ3n) is 10.3. The van der Waals surface area contributed by atoms with Crippen molar-refractivity contribution in [1.82, 2.24) is 30.1 Å². The zero-order chi connectivity index (χ0) is 40.4. The van der Waals surface area contributed by atoms with Gasteiger partial charge in [0, 0.05) is 35.3 Å². The van der Waals surface area contributed by atoms with Gasteiger partial charge in [-0.2, -0.15) is 0 Å². The number of imidazole rings is 1. The number of piperidine rings is 1. The molecule has 1 aliphatic rings. The van der Waals surface area contributed by atoms with Crippen LogP contribution in [-0.4, -0.2) is 68.0 Å². The highest BCUT2D eigenvalue weighted by Gasteiger charge is 2.29. The Bertz CT molecular complexity index is 2600. The van der Waals surface area contributed by atoms with Crippen molar-refractivity contribution in [2.45, 2.75) is 65.1 Å². The first-order valence-electron chi connectivity index (χ1n) is 18.6. The second-order valence-electron chi connectivity index (χ2n) is 14.0. The number of imide groups is 1. The molecular formula is C42H40ClFN6O7. The Hall–Kier alpha value is -6.28. The fourth-order valence-electron chi connectivity index (χ4n) is 7.55. The summed E-state index contributed by atoms with van der Waals surface area (Å²) in [4.78, 5) is 67.5. The van der Waals surface area contributed by atoms with Gasteiger partial charge in [0.15, 0.2) is 0 Å². The number of nitrogens with one attached hydrogen (secondary N) is 3. The van der Waals surface area contributed by atoms with Crippen molar-refractivity contribution in [3.63, 3.8) is 0 Å². The van der Waals surface area contributed by atoms with Crippen LogP contribution in [-0.2, 0) is 33.9 Å². The number of fused-ring (bicyclic) bond motifs is 3. The van der Waals surface area contributed by atoms with Crippen LogP contribution < -0.4 is 20.7 Å². The summed E-state index contributed by atoms with van der Waals surface area (Å²) in [6.07, 6.45) is 1.67. The second kappa shape index (κ2) is 16.4.